The number of thiophene rings is 1. The van der Waals surface area contributed by atoms with Gasteiger partial charge >= 0.3 is 0 Å². The fourth-order valence-electron chi connectivity index (χ4n) is 1.52. The highest BCUT2D eigenvalue weighted by atomic mass is 32.1. The van der Waals surface area contributed by atoms with Crippen LogP contribution in [-0.2, 0) is 6.42 Å². The van der Waals surface area contributed by atoms with Crippen LogP contribution in [0.4, 0.5) is 13.2 Å². The van der Waals surface area contributed by atoms with Crippen LogP contribution in [0.5, 0.6) is 0 Å². The standard InChI is InChI=1S/C12H9F3OS/c13-9-6-11(15)10(14)5-8(9)12(16)4-7-2-1-3-17-7/h1-3,5-6,12,16H,4H2. The van der Waals surface area contributed by atoms with Crippen LogP contribution in [-0.4, -0.2) is 5.11 Å². The largest absolute Gasteiger partial charge is 0.388 e. The Morgan fingerprint density at radius 1 is 1.12 bits per heavy atom. The zero-order valence-corrected chi connectivity index (χ0v) is 9.48. The van der Waals surface area contributed by atoms with Gasteiger partial charge < -0.3 is 5.11 Å². The molecule has 0 amide bonds. The molecule has 1 heterocycles. The quantitative estimate of drug-likeness (QED) is 0.836. The molecule has 90 valence electrons. The molecular weight excluding hydrogens is 249 g/mol. The number of hydrogen-bond acceptors (Lipinski definition) is 2. The van der Waals surface area contributed by atoms with Crippen LogP contribution in [0.1, 0.15) is 16.5 Å². The first-order valence-corrected chi connectivity index (χ1v) is 5.81. The van der Waals surface area contributed by atoms with Crippen LogP contribution < -0.4 is 0 Å². The Hall–Kier alpha value is -1.33. The predicted molar refractivity (Wildman–Crippen MR) is 59.3 cm³/mol. The van der Waals surface area contributed by atoms with Gasteiger partial charge in [-0.15, -0.1) is 11.3 Å². The normalized spacial score (nSPS) is 12.7. The Balaban J connectivity index is 2.24. The minimum Gasteiger partial charge on any atom is -0.388 e. The molecule has 0 fully saturated rings. The lowest BCUT2D eigenvalue weighted by Crippen LogP contribution is -2.05. The van der Waals surface area contributed by atoms with Crippen molar-refractivity contribution in [2.24, 2.45) is 0 Å². The molecule has 0 aliphatic heterocycles. The van der Waals surface area contributed by atoms with Gasteiger partial charge in [0.1, 0.15) is 5.82 Å². The zero-order chi connectivity index (χ0) is 12.4. The van der Waals surface area contributed by atoms with E-state index in [4.69, 9.17) is 0 Å². The molecule has 0 saturated carbocycles. The van der Waals surface area contributed by atoms with E-state index in [-0.39, 0.29) is 12.0 Å². The van der Waals surface area contributed by atoms with Gasteiger partial charge in [-0.1, -0.05) is 6.07 Å². The van der Waals surface area contributed by atoms with Crippen molar-refractivity contribution in [3.8, 4) is 0 Å². The summed E-state index contributed by atoms with van der Waals surface area (Å²) in [5.74, 6) is -3.35. The molecule has 5 heteroatoms. The van der Waals surface area contributed by atoms with Crippen molar-refractivity contribution in [2.75, 3.05) is 0 Å². The molecule has 0 radical (unpaired) electrons. The predicted octanol–water partition coefficient (Wildman–Crippen LogP) is 3.44. The zero-order valence-electron chi connectivity index (χ0n) is 8.66. The van der Waals surface area contributed by atoms with Gasteiger partial charge in [-0.3, -0.25) is 0 Å². The lowest BCUT2D eigenvalue weighted by molar-refractivity contribution is 0.173. The fourth-order valence-corrected chi connectivity index (χ4v) is 2.27. The topological polar surface area (TPSA) is 20.2 Å². The van der Waals surface area contributed by atoms with Crippen molar-refractivity contribution in [1.82, 2.24) is 0 Å². The number of benzene rings is 1. The van der Waals surface area contributed by atoms with E-state index in [0.29, 0.717) is 12.1 Å². The summed E-state index contributed by atoms with van der Waals surface area (Å²) in [6.07, 6.45) is -0.997. The molecule has 0 aliphatic carbocycles. The van der Waals surface area contributed by atoms with Crippen LogP contribution in [0.15, 0.2) is 29.6 Å². The summed E-state index contributed by atoms with van der Waals surface area (Å²) in [6, 6.07) is 4.73. The molecular formula is C12H9F3OS. The van der Waals surface area contributed by atoms with Gasteiger partial charge in [-0.2, -0.15) is 0 Å². The number of aliphatic hydroxyl groups excluding tert-OH is 1. The van der Waals surface area contributed by atoms with E-state index in [0.717, 1.165) is 4.88 Å². The van der Waals surface area contributed by atoms with Gasteiger partial charge in [0.2, 0.25) is 0 Å². The molecule has 2 aromatic rings. The summed E-state index contributed by atoms with van der Waals surface area (Å²) in [5, 5.41) is 11.6. The first-order valence-electron chi connectivity index (χ1n) is 4.93. The Bertz CT molecular complexity index is 511. The average Bonchev–Trinajstić information content (AvgIpc) is 2.76. The van der Waals surface area contributed by atoms with Crippen LogP contribution in [0.3, 0.4) is 0 Å². The van der Waals surface area contributed by atoms with E-state index in [1.807, 2.05) is 5.38 Å². The summed E-state index contributed by atoms with van der Waals surface area (Å²) in [6.45, 7) is 0. The summed E-state index contributed by atoms with van der Waals surface area (Å²) >= 11 is 1.41. The lowest BCUT2D eigenvalue weighted by Gasteiger charge is -2.11. The molecule has 1 aromatic heterocycles. The van der Waals surface area contributed by atoms with Crippen molar-refractivity contribution < 1.29 is 18.3 Å². The number of rotatable bonds is 3. The summed E-state index contributed by atoms with van der Waals surface area (Å²) < 4.78 is 39.0. The summed E-state index contributed by atoms with van der Waals surface area (Å²) in [4.78, 5) is 0.849. The SMILES string of the molecule is OC(Cc1cccs1)c1cc(F)c(F)cc1F. The molecule has 0 saturated heterocycles. The Labute approximate surface area is 100 Å². The van der Waals surface area contributed by atoms with E-state index in [1.165, 1.54) is 11.3 Å². The van der Waals surface area contributed by atoms with E-state index in [1.54, 1.807) is 12.1 Å². The molecule has 1 N–H and O–H groups in total. The maximum Gasteiger partial charge on any atom is 0.161 e. The van der Waals surface area contributed by atoms with Crippen molar-refractivity contribution in [1.29, 1.82) is 0 Å². The number of hydrogen-bond donors (Lipinski definition) is 1. The first kappa shape index (κ1) is 12.1. The second kappa shape index (κ2) is 4.89. The van der Waals surface area contributed by atoms with Crippen LogP contribution in [0.2, 0.25) is 0 Å². The molecule has 0 aliphatic rings. The third kappa shape index (κ3) is 2.68. The minimum absolute atomic E-state index is 0.180. The van der Waals surface area contributed by atoms with Gasteiger partial charge in [0, 0.05) is 22.9 Å². The highest BCUT2D eigenvalue weighted by Gasteiger charge is 2.17. The van der Waals surface area contributed by atoms with Gasteiger partial charge in [0.25, 0.3) is 0 Å². The third-order valence-electron chi connectivity index (χ3n) is 2.37. The Kier molecular flexibility index (Phi) is 3.49. The van der Waals surface area contributed by atoms with Gasteiger partial charge in [0.15, 0.2) is 11.6 Å². The van der Waals surface area contributed by atoms with Gasteiger partial charge in [0.05, 0.1) is 6.10 Å². The summed E-state index contributed by atoms with van der Waals surface area (Å²) in [5.41, 5.74) is -0.225. The van der Waals surface area contributed by atoms with E-state index in [2.05, 4.69) is 0 Å². The molecule has 1 aromatic carbocycles. The molecule has 1 nitrogen and oxygen atoms in total. The van der Waals surface area contributed by atoms with E-state index < -0.39 is 23.6 Å². The number of aliphatic hydroxyl groups is 1. The fraction of sp³-hybridized carbons (Fsp3) is 0.167. The molecule has 0 bridgehead atoms. The molecule has 1 atom stereocenters. The van der Waals surface area contributed by atoms with Crippen molar-refractivity contribution in [3.05, 3.63) is 57.5 Å². The maximum atomic E-state index is 13.3. The molecule has 2 rings (SSSR count). The van der Waals surface area contributed by atoms with Crippen molar-refractivity contribution in [3.63, 3.8) is 0 Å². The molecule has 0 spiro atoms. The first-order chi connectivity index (χ1) is 8.08. The smallest absolute Gasteiger partial charge is 0.161 e. The Morgan fingerprint density at radius 3 is 2.47 bits per heavy atom. The number of halogens is 3. The third-order valence-corrected chi connectivity index (χ3v) is 3.27. The Morgan fingerprint density at radius 2 is 1.82 bits per heavy atom. The van der Waals surface area contributed by atoms with Gasteiger partial charge in [-0.25, -0.2) is 13.2 Å². The second-order valence-corrected chi connectivity index (χ2v) is 4.62. The van der Waals surface area contributed by atoms with Crippen molar-refractivity contribution in [2.45, 2.75) is 12.5 Å². The van der Waals surface area contributed by atoms with Crippen LogP contribution >= 0.6 is 11.3 Å². The highest BCUT2D eigenvalue weighted by molar-refractivity contribution is 7.09. The lowest BCUT2D eigenvalue weighted by atomic mass is 10.0. The van der Waals surface area contributed by atoms with Gasteiger partial charge in [-0.05, 0) is 17.5 Å². The second-order valence-electron chi connectivity index (χ2n) is 3.59. The van der Waals surface area contributed by atoms with E-state index >= 15 is 0 Å². The van der Waals surface area contributed by atoms with Crippen molar-refractivity contribution >= 4 is 11.3 Å². The maximum absolute atomic E-state index is 13.3. The highest BCUT2D eigenvalue weighted by Crippen LogP contribution is 2.25. The van der Waals surface area contributed by atoms with Crippen LogP contribution in [0, 0.1) is 17.5 Å². The average molecular weight is 258 g/mol. The van der Waals surface area contributed by atoms with Crippen LogP contribution in [0.25, 0.3) is 0 Å². The summed E-state index contributed by atoms with van der Waals surface area (Å²) in [7, 11) is 0. The molecule has 17 heavy (non-hydrogen) atoms. The molecule has 1 unspecified atom stereocenters. The van der Waals surface area contributed by atoms with E-state index in [9.17, 15) is 18.3 Å². The monoisotopic (exact) mass is 258 g/mol. The minimum atomic E-state index is -1.26.